The first kappa shape index (κ1) is 21.7. The van der Waals surface area contributed by atoms with Gasteiger partial charge in [-0.3, -0.25) is 19.1 Å². The normalized spacial score (nSPS) is 10.5. The molecule has 0 unspecified atom stereocenters. The fourth-order valence-corrected chi connectivity index (χ4v) is 2.84. The fourth-order valence-electron chi connectivity index (χ4n) is 2.84. The average Bonchev–Trinajstić information content (AvgIpc) is 3.08. The molecule has 2 aromatic carbocycles. The predicted octanol–water partition coefficient (Wildman–Crippen LogP) is 3.32. The number of rotatable bonds is 6. The van der Waals surface area contributed by atoms with E-state index in [9.17, 15) is 18.8 Å². The van der Waals surface area contributed by atoms with E-state index < -0.39 is 23.6 Å². The molecule has 0 aliphatic carbocycles. The Kier molecular flexibility index (Phi) is 6.44. The van der Waals surface area contributed by atoms with E-state index in [-0.39, 0.29) is 17.7 Å². The number of nitrogens with zero attached hydrogens (tertiary/aromatic N) is 2. The summed E-state index contributed by atoms with van der Waals surface area (Å²) in [5, 5.41) is 9.45. The SMILES string of the molecule is COC(=O)Cn1ncc(NC(=O)c2ccc(C)c(NC(=O)c3ccccc3F)c2)c1C. The zero-order valence-electron chi connectivity index (χ0n) is 17.2. The van der Waals surface area contributed by atoms with E-state index in [0.29, 0.717) is 22.6 Å². The van der Waals surface area contributed by atoms with Crippen LogP contribution in [0.25, 0.3) is 0 Å². The quantitative estimate of drug-likeness (QED) is 0.591. The Balaban J connectivity index is 1.77. The highest BCUT2D eigenvalue weighted by Gasteiger charge is 2.16. The van der Waals surface area contributed by atoms with Crippen molar-refractivity contribution in [2.75, 3.05) is 17.7 Å². The molecule has 0 atom stereocenters. The van der Waals surface area contributed by atoms with E-state index in [1.165, 1.54) is 42.3 Å². The molecule has 3 aromatic rings. The highest BCUT2D eigenvalue weighted by Crippen LogP contribution is 2.21. The summed E-state index contributed by atoms with van der Waals surface area (Å²) in [6, 6.07) is 10.4. The molecule has 2 N–H and O–H groups in total. The van der Waals surface area contributed by atoms with Crippen LogP contribution in [0, 0.1) is 19.7 Å². The highest BCUT2D eigenvalue weighted by molar-refractivity contribution is 6.08. The summed E-state index contributed by atoms with van der Waals surface area (Å²) in [6.07, 6.45) is 1.44. The molecule has 0 spiro atoms. The number of methoxy groups -OCH3 is 1. The Morgan fingerprint density at radius 1 is 1.03 bits per heavy atom. The molecular formula is C22H21FN4O4. The Hall–Kier alpha value is -4.01. The molecule has 2 amide bonds. The summed E-state index contributed by atoms with van der Waals surface area (Å²) in [4.78, 5) is 36.6. The maximum atomic E-state index is 13.9. The highest BCUT2D eigenvalue weighted by atomic mass is 19.1. The maximum absolute atomic E-state index is 13.9. The van der Waals surface area contributed by atoms with E-state index in [1.54, 1.807) is 32.0 Å². The van der Waals surface area contributed by atoms with E-state index in [0.717, 1.165) is 0 Å². The molecule has 0 saturated carbocycles. The molecule has 0 fully saturated rings. The molecule has 8 nitrogen and oxygen atoms in total. The zero-order valence-corrected chi connectivity index (χ0v) is 17.2. The van der Waals surface area contributed by atoms with Gasteiger partial charge in [-0.25, -0.2) is 4.39 Å². The lowest BCUT2D eigenvalue weighted by Gasteiger charge is -2.11. The lowest BCUT2D eigenvalue weighted by atomic mass is 10.1. The molecule has 0 radical (unpaired) electrons. The summed E-state index contributed by atoms with van der Waals surface area (Å²) in [7, 11) is 1.28. The number of aromatic nitrogens is 2. The minimum atomic E-state index is -0.633. The second-order valence-electron chi connectivity index (χ2n) is 6.80. The number of nitrogens with one attached hydrogen (secondary N) is 2. The van der Waals surface area contributed by atoms with E-state index in [1.807, 2.05) is 0 Å². The second kappa shape index (κ2) is 9.21. The van der Waals surface area contributed by atoms with Gasteiger partial charge in [0.2, 0.25) is 0 Å². The Labute approximate surface area is 178 Å². The molecule has 1 heterocycles. The Morgan fingerprint density at radius 3 is 2.45 bits per heavy atom. The van der Waals surface area contributed by atoms with Crippen LogP contribution in [0.1, 0.15) is 32.0 Å². The Morgan fingerprint density at radius 2 is 1.74 bits per heavy atom. The van der Waals surface area contributed by atoms with Crippen LogP contribution in [-0.2, 0) is 16.1 Å². The van der Waals surface area contributed by atoms with Crippen molar-refractivity contribution in [1.29, 1.82) is 0 Å². The van der Waals surface area contributed by atoms with Gasteiger partial charge in [0.05, 0.1) is 30.3 Å². The lowest BCUT2D eigenvalue weighted by Crippen LogP contribution is -2.17. The molecule has 3 rings (SSSR count). The van der Waals surface area contributed by atoms with Crippen LogP contribution >= 0.6 is 0 Å². The van der Waals surface area contributed by atoms with E-state index in [2.05, 4.69) is 20.5 Å². The number of carbonyl (C=O) groups is 3. The number of hydrogen-bond donors (Lipinski definition) is 2. The van der Waals surface area contributed by atoms with Crippen molar-refractivity contribution in [3.63, 3.8) is 0 Å². The van der Waals surface area contributed by atoms with Crippen molar-refractivity contribution in [3.05, 3.63) is 76.9 Å². The van der Waals surface area contributed by atoms with Crippen LogP contribution in [0.3, 0.4) is 0 Å². The summed E-state index contributed by atoms with van der Waals surface area (Å²) < 4.78 is 19.9. The van der Waals surface area contributed by atoms with Gasteiger partial charge in [0.15, 0.2) is 0 Å². The van der Waals surface area contributed by atoms with Gasteiger partial charge in [-0.2, -0.15) is 5.10 Å². The third kappa shape index (κ3) is 4.95. The summed E-state index contributed by atoms with van der Waals surface area (Å²) in [6.45, 7) is 3.40. The topological polar surface area (TPSA) is 102 Å². The van der Waals surface area contributed by atoms with Gasteiger partial charge in [0, 0.05) is 11.3 Å². The van der Waals surface area contributed by atoms with Gasteiger partial charge in [-0.15, -0.1) is 0 Å². The van der Waals surface area contributed by atoms with Crippen molar-refractivity contribution in [3.8, 4) is 0 Å². The summed E-state index contributed by atoms with van der Waals surface area (Å²) >= 11 is 0. The fraction of sp³-hybridized carbons (Fsp3) is 0.182. The van der Waals surface area contributed by atoms with E-state index >= 15 is 0 Å². The number of hydrogen-bond acceptors (Lipinski definition) is 5. The molecule has 1 aromatic heterocycles. The minimum Gasteiger partial charge on any atom is -0.468 e. The number of aryl methyl sites for hydroxylation is 1. The number of carbonyl (C=O) groups excluding carboxylic acids is 3. The van der Waals surface area contributed by atoms with Crippen LogP contribution in [-0.4, -0.2) is 34.7 Å². The number of anilines is 2. The minimum absolute atomic E-state index is 0.0744. The monoisotopic (exact) mass is 424 g/mol. The number of ether oxygens (including phenoxy) is 1. The van der Waals surface area contributed by atoms with Crippen LogP contribution < -0.4 is 10.6 Å². The molecule has 160 valence electrons. The van der Waals surface area contributed by atoms with Gasteiger partial charge in [0.25, 0.3) is 11.8 Å². The van der Waals surface area contributed by atoms with Crippen LogP contribution in [0.2, 0.25) is 0 Å². The first-order valence-electron chi connectivity index (χ1n) is 9.37. The smallest absolute Gasteiger partial charge is 0.327 e. The zero-order chi connectivity index (χ0) is 22.5. The molecule has 0 bridgehead atoms. The first-order chi connectivity index (χ1) is 14.8. The standard InChI is InChI=1S/C22H21FN4O4/c1-13-8-9-15(10-18(13)25-22(30)16-6-4-5-7-17(16)23)21(29)26-19-11-24-27(14(19)2)12-20(28)31-3/h4-11H,12H2,1-3H3,(H,25,30)(H,26,29). The van der Waals surface area contributed by atoms with Crippen LogP contribution in [0.15, 0.2) is 48.7 Å². The lowest BCUT2D eigenvalue weighted by molar-refractivity contribution is -0.141. The largest absolute Gasteiger partial charge is 0.468 e. The third-order valence-corrected chi connectivity index (χ3v) is 4.72. The second-order valence-corrected chi connectivity index (χ2v) is 6.80. The van der Waals surface area contributed by atoms with Crippen molar-refractivity contribution < 1.29 is 23.5 Å². The number of esters is 1. The first-order valence-corrected chi connectivity index (χ1v) is 9.37. The predicted molar refractivity (Wildman–Crippen MR) is 112 cm³/mol. The number of halogens is 1. The Bertz CT molecular complexity index is 1160. The molecule has 0 saturated heterocycles. The van der Waals surface area contributed by atoms with Crippen molar-refractivity contribution in [2.45, 2.75) is 20.4 Å². The van der Waals surface area contributed by atoms with E-state index in [4.69, 9.17) is 0 Å². The average molecular weight is 424 g/mol. The molecule has 0 aliphatic rings. The van der Waals surface area contributed by atoms with Crippen molar-refractivity contribution in [1.82, 2.24) is 9.78 Å². The molecular weight excluding hydrogens is 403 g/mol. The molecule has 0 aliphatic heterocycles. The summed E-state index contributed by atoms with van der Waals surface area (Å²) in [5.41, 5.74) is 2.31. The van der Waals surface area contributed by atoms with Gasteiger partial charge in [-0.1, -0.05) is 18.2 Å². The molecule has 9 heteroatoms. The van der Waals surface area contributed by atoms with Crippen molar-refractivity contribution in [2.24, 2.45) is 0 Å². The summed E-state index contributed by atoms with van der Waals surface area (Å²) in [5.74, 6) is -2.13. The van der Waals surface area contributed by atoms with Crippen LogP contribution in [0.4, 0.5) is 15.8 Å². The van der Waals surface area contributed by atoms with Gasteiger partial charge >= 0.3 is 5.97 Å². The number of benzene rings is 2. The van der Waals surface area contributed by atoms with Gasteiger partial charge < -0.3 is 15.4 Å². The maximum Gasteiger partial charge on any atom is 0.327 e. The van der Waals surface area contributed by atoms with Gasteiger partial charge in [0.1, 0.15) is 12.4 Å². The number of amides is 2. The molecule has 31 heavy (non-hydrogen) atoms. The van der Waals surface area contributed by atoms with Crippen molar-refractivity contribution >= 4 is 29.2 Å². The van der Waals surface area contributed by atoms with Crippen LogP contribution in [0.5, 0.6) is 0 Å². The van der Waals surface area contributed by atoms with Gasteiger partial charge in [-0.05, 0) is 43.7 Å². The third-order valence-electron chi connectivity index (χ3n) is 4.72.